The molecule has 2 rings (SSSR count). The summed E-state index contributed by atoms with van der Waals surface area (Å²) in [6.07, 6.45) is 0. The van der Waals surface area contributed by atoms with Crippen molar-refractivity contribution < 1.29 is 14.6 Å². The van der Waals surface area contributed by atoms with Gasteiger partial charge in [-0.1, -0.05) is 18.2 Å². The highest BCUT2D eigenvalue weighted by Gasteiger charge is 2.07. The summed E-state index contributed by atoms with van der Waals surface area (Å²) in [5.74, 6) is 1.42. The molecule has 0 spiro atoms. The SMILES string of the molecule is COc1cccc(COc2c(C)cc(CO)cc2C)n1. The normalized spacial score (nSPS) is 10.4. The zero-order valence-corrected chi connectivity index (χ0v) is 12.0. The highest BCUT2D eigenvalue weighted by atomic mass is 16.5. The molecule has 2 aromatic rings. The van der Waals surface area contributed by atoms with Crippen LogP contribution in [0, 0.1) is 13.8 Å². The molecule has 0 unspecified atom stereocenters. The van der Waals surface area contributed by atoms with Crippen molar-refractivity contribution in [1.29, 1.82) is 0 Å². The number of aliphatic hydroxyl groups is 1. The molecule has 1 N–H and O–H groups in total. The van der Waals surface area contributed by atoms with Gasteiger partial charge in [-0.25, -0.2) is 4.98 Å². The van der Waals surface area contributed by atoms with Gasteiger partial charge in [-0.3, -0.25) is 0 Å². The first kappa shape index (κ1) is 14.3. The molecule has 0 bridgehead atoms. The second-order valence-electron chi connectivity index (χ2n) is 4.68. The zero-order valence-electron chi connectivity index (χ0n) is 12.0. The summed E-state index contributed by atoms with van der Waals surface area (Å²) in [7, 11) is 1.59. The Balaban J connectivity index is 2.14. The van der Waals surface area contributed by atoms with Crippen molar-refractivity contribution in [1.82, 2.24) is 4.98 Å². The summed E-state index contributed by atoms with van der Waals surface area (Å²) >= 11 is 0. The highest BCUT2D eigenvalue weighted by Crippen LogP contribution is 2.25. The molecule has 1 heterocycles. The van der Waals surface area contributed by atoms with Crippen LogP contribution in [-0.4, -0.2) is 17.2 Å². The average Bonchev–Trinajstić information content (AvgIpc) is 2.46. The third kappa shape index (κ3) is 3.27. The standard InChI is InChI=1S/C16H19NO3/c1-11-7-13(9-18)8-12(2)16(11)20-10-14-5-4-6-15(17-14)19-3/h4-8,18H,9-10H2,1-3H3. The number of ether oxygens (including phenoxy) is 2. The Morgan fingerprint density at radius 3 is 2.45 bits per heavy atom. The Labute approximate surface area is 119 Å². The van der Waals surface area contributed by atoms with Crippen LogP contribution >= 0.6 is 0 Å². The molecule has 0 aliphatic heterocycles. The van der Waals surface area contributed by atoms with Crippen molar-refractivity contribution in [3.63, 3.8) is 0 Å². The number of hydrogen-bond donors (Lipinski definition) is 1. The molecule has 0 saturated carbocycles. The predicted octanol–water partition coefficient (Wildman–Crippen LogP) is 2.78. The molecule has 1 aromatic carbocycles. The van der Waals surface area contributed by atoms with Crippen molar-refractivity contribution >= 4 is 0 Å². The van der Waals surface area contributed by atoms with E-state index in [2.05, 4.69) is 4.98 Å². The first-order valence-corrected chi connectivity index (χ1v) is 6.47. The lowest BCUT2D eigenvalue weighted by Gasteiger charge is -2.13. The summed E-state index contributed by atoms with van der Waals surface area (Å²) in [6, 6.07) is 9.45. The van der Waals surface area contributed by atoms with E-state index >= 15 is 0 Å². The van der Waals surface area contributed by atoms with Crippen molar-refractivity contribution in [3.8, 4) is 11.6 Å². The fourth-order valence-corrected chi connectivity index (χ4v) is 2.16. The molecular weight excluding hydrogens is 254 g/mol. The van der Waals surface area contributed by atoms with Gasteiger partial charge < -0.3 is 14.6 Å². The lowest BCUT2D eigenvalue weighted by molar-refractivity contribution is 0.279. The third-order valence-electron chi connectivity index (χ3n) is 3.06. The number of hydrogen-bond acceptors (Lipinski definition) is 4. The van der Waals surface area contributed by atoms with E-state index in [1.165, 1.54) is 0 Å². The highest BCUT2D eigenvalue weighted by molar-refractivity contribution is 5.43. The number of methoxy groups -OCH3 is 1. The van der Waals surface area contributed by atoms with Gasteiger partial charge in [-0.05, 0) is 36.6 Å². The van der Waals surface area contributed by atoms with E-state index in [1.54, 1.807) is 13.2 Å². The van der Waals surface area contributed by atoms with Gasteiger partial charge in [-0.2, -0.15) is 0 Å². The van der Waals surface area contributed by atoms with E-state index in [-0.39, 0.29) is 6.61 Å². The van der Waals surface area contributed by atoms with E-state index in [0.717, 1.165) is 28.1 Å². The number of aliphatic hydroxyl groups excluding tert-OH is 1. The van der Waals surface area contributed by atoms with Gasteiger partial charge in [0, 0.05) is 6.07 Å². The van der Waals surface area contributed by atoms with Crippen molar-refractivity contribution in [2.24, 2.45) is 0 Å². The van der Waals surface area contributed by atoms with E-state index in [0.29, 0.717) is 12.5 Å². The van der Waals surface area contributed by atoms with Crippen molar-refractivity contribution in [2.45, 2.75) is 27.1 Å². The number of aryl methyl sites for hydroxylation is 2. The van der Waals surface area contributed by atoms with Crippen LogP contribution in [0.2, 0.25) is 0 Å². The lowest BCUT2D eigenvalue weighted by Crippen LogP contribution is -2.02. The fraction of sp³-hybridized carbons (Fsp3) is 0.312. The van der Waals surface area contributed by atoms with E-state index in [9.17, 15) is 5.11 Å². The van der Waals surface area contributed by atoms with Crippen LogP contribution in [0.4, 0.5) is 0 Å². The fourth-order valence-electron chi connectivity index (χ4n) is 2.16. The van der Waals surface area contributed by atoms with Crippen LogP contribution in [0.15, 0.2) is 30.3 Å². The quantitative estimate of drug-likeness (QED) is 0.910. The van der Waals surface area contributed by atoms with Gasteiger partial charge in [-0.15, -0.1) is 0 Å². The first-order valence-electron chi connectivity index (χ1n) is 6.47. The molecule has 0 aliphatic carbocycles. The first-order chi connectivity index (χ1) is 9.63. The van der Waals surface area contributed by atoms with Gasteiger partial charge in [0.1, 0.15) is 12.4 Å². The largest absolute Gasteiger partial charge is 0.487 e. The minimum absolute atomic E-state index is 0.0411. The van der Waals surface area contributed by atoms with Crippen molar-refractivity contribution in [2.75, 3.05) is 7.11 Å². The molecule has 0 aliphatic rings. The molecule has 0 saturated heterocycles. The van der Waals surface area contributed by atoms with E-state index < -0.39 is 0 Å². The van der Waals surface area contributed by atoms with Crippen LogP contribution in [0.1, 0.15) is 22.4 Å². The Morgan fingerprint density at radius 2 is 1.85 bits per heavy atom. The third-order valence-corrected chi connectivity index (χ3v) is 3.06. The molecule has 20 heavy (non-hydrogen) atoms. The molecule has 0 radical (unpaired) electrons. The summed E-state index contributed by atoms with van der Waals surface area (Å²) < 4.78 is 10.9. The van der Waals surface area contributed by atoms with Crippen LogP contribution in [0.25, 0.3) is 0 Å². The Hall–Kier alpha value is -2.07. The smallest absolute Gasteiger partial charge is 0.213 e. The second kappa shape index (κ2) is 6.39. The Kier molecular flexibility index (Phi) is 4.58. The topological polar surface area (TPSA) is 51.6 Å². The monoisotopic (exact) mass is 273 g/mol. The van der Waals surface area contributed by atoms with Crippen LogP contribution in [0.3, 0.4) is 0 Å². The van der Waals surface area contributed by atoms with Crippen LogP contribution < -0.4 is 9.47 Å². The average molecular weight is 273 g/mol. The maximum Gasteiger partial charge on any atom is 0.213 e. The predicted molar refractivity (Wildman–Crippen MR) is 77.0 cm³/mol. The van der Waals surface area contributed by atoms with Gasteiger partial charge in [0.15, 0.2) is 0 Å². The maximum atomic E-state index is 9.18. The maximum absolute atomic E-state index is 9.18. The number of pyridine rings is 1. The van der Waals surface area contributed by atoms with Gasteiger partial charge in [0.25, 0.3) is 0 Å². The zero-order chi connectivity index (χ0) is 14.5. The van der Waals surface area contributed by atoms with Crippen LogP contribution in [-0.2, 0) is 13.2 Å². The summed E-state index contributed by atoms with van der Waals surface area (Å²) in [5.41, 5.74) is 3.73. The Bertz CT molecular complexity index is 573. The number of rotatable bonds is 5. The minimum Gasteiger partial charge on any atom is -0.487 e. The van der Waals surface area contributed by atoms with Gasteiger partial charge in [0.05, 0.1) is 19.4 Å². The molecule has 0 atom stereocenters. The summed E-state index contributed by atoms with van der Waals surface area (Å²) in [5, 5.41) is 9.18. The molecule has 106 valence electrons. The number of benzene rings is 1. The number of nitrogens with zero attached hydrogens (tertiary/aromatic N) is 1. The minimum atomic E-state index is 0.0411. The second-order valence-corrected chi connectivity index (χ2v) is 4.68. The summed E-state index contributed by atoms with van der Waals surface area (Å²) in [6.45, 7) is 4.37. The number of aromatic nitrogens is 1. The van der Waals surface area contributed by atoms with Gasteiger partial charge >= 0.3 is 0 Å². The molecule has 4 nitrogen and oxygen atoms in total. The molecule has 4 heteroatoms. The van der Waals surface area contributed by atoms with E-state index in [1.807, 2.05) is 38.1 Å². The molecule has 0 fully saturated rings. The van der Waals surface area contributed by atoms with Crippen LogP contribution in [0.5, 0.6) is 11.6 Å². The van der Waals surface area contributed by atoms with Crippen molar-refractivity contribution in [3.05, 3.63) is 52.7 Å². The van der Waals surface area contributed by atoms with E-state index in [4.69, 9.17) is 9.47 Å². The summed E-state index contributed by atoms with van der Waals surface area (Å²) in [4.78, 5) is 4.31. The Morgan fingerprint density at radius 1 is 1.15 bits per heavy atom. The molecule has 0 amide bonds. The lowest BCUT2D eigenvalue weighted by atomic mass is 10.1. The molecule has 1 aromatic heterocycles. The molecular formula is C16H19NO3. The van der Waals surface area contributed by atoms with Gasteiger partial charge in [0.2, 0.25) is 5.88 Å².